The van der Waals surface area contributed by atoms with E-state index >= 15 is 0 Å². The fourth-order valence-electron chi connectivity index (χ4n) is 2.12. The van der Waals surface area contributed by atoms with Crippen LogP contribution in [0.2, 0.25) is 0 Å². The van der Waals surface area contributed by atoms with Gasteiger partial charge in [-0.05, 0) is 25.8 Å². The van der Waals surface area contributed by atoms with Gasteiger partial charge in [-0.15, -0.1) is 0 Å². The summed E-state index contributed by atoms with van der Waals surface area (Å²) in [5.41, 5.74) is 3.73. The van der Waals surface area contributed by atoms with Gasteiger partial charge in [0.05, 0.1) is 12.4 Å². The summed E-state index contributed by atoms with van der Waals surface area (Å²) in [5, 5.41) is 7.96. The fourth-order valence-corrected chi connectivity index (χ4v) is 2.12. The number of hydrogen-bond acceptors (Lipinski definition) is 2. The van der Waals surface area contributed by atoms with Gasteiger partial charge in [0.2, 0.25) is 0 Å². The number of nitrogens with one attached hydrogen (secondary N) is 1. The summed E-state index contributed by atoms with van der Waals surface area (Å²) in [4.78, 5) is 0. The third-order valence-electron chi connectivity index (χ3n) is 2.97. The molecule has 0 bridgehead atoms. The number of aryl methyl sites for hydroxylation is 2. The van der Waals surface area contributed by atoms with E-state index < -0.39 is 0 Å². The van der Waals surface area contributed by atoms with Gasteiger partial charge in [0, 0.05) is 24.3 Å². The van der Waals surface area contributed by atoms with E-state index in [4.69, 9.17) is 0 Å². The lowest BCUT2D eigenvalue weighted by Crippen LogP contribution is -2.14. The summed E-state index contributed by atoms with van der Waals surface area (Å²) < 4.78 is 14.2. The Balaban J connectivity index is 2.93. The van der Waals surface area contributed by atoms with Crippen molar-refractivity contribution in [3.05, 3.63) is 17.0 Å². The molecule has 0 saturated heterocycles. The van der Waals surface area contributed by atoms with Crippen LogP contribution in [0.3, 0.4) is 0 Å². The van der Waals surface area contributed by atoms with E-state index in [1.807, 2.05) is 4.68 Å². The molecule has 4 heteroatoms. The Hall–Kier alpha value is -0.900. The zero-order valence-corrected chi connectivity index (χ0v) is 11.2. The second-order valence-electron chi connectivity index (χ2n) is 4.13. The standard InChI is InChI=1S/C13H24FN3/c1-4-12-11(10-15-6-3)13(5-2)17(16-12)9-7-8-14/h15H,4-10H2,1-3H3. The van der Waals surface area contributed by atoms with Gasteiger partial charge >= 0.3 is 0 Å². The lowest BCUT2D eigenvalue weighted by atomic mass is 10.1. The van der Waals surface area contributed by atoms with Crippen molar-refractivity contribution >= 4 is 0 Å². The van der Waals surface area contributed by atoms with E-state index in [9.17, 15) is 4.39 Å². The molecule has 1 heterocycles. The molecule has 0 radical (unpaired) electrons. The molecule has 0 aliphatic rings. The van der Waals surface area contributed by atoms with Crippen molar-refractivity contribution in [2.75, 3.05) is 13.2 Å². The monoisotopic (exact) mass is 241 g/mol. The normalized spacial score (nSPS) is 11.1. The highest BCUT2D eigenvalue weighted by Crippen LogP contribution is 2.16. The molecule has 0 spiro atoms. The van der Waals surface area contributed by atoms with E-state index in [0.717, 1.165) is 31.6 Å². The van der Waals surface area contributed by atoms with Crippen LogP contribution in [0.4, 0.5) is 4.39 Å². The van der Waals surface area contributed by atoms with Crippen molar-refractivity contribution in [1.29, 1.82) is 0 Å². The van der Waals surface area contributed by atoms with Crippen LogP contribution in [0.25, 0.3) is 0 Å². The number of aromatic nitrogens is 2. The van der Waals surface area contributed by atoms with Crippen molar-refractivity contribution in [3.63, 3.8) is 0 Å². The average Bonchev–Trinajstić information content (AvgIpc) is 2.70. The highest BCUT2D eigenvalue weighted by atomic mass is 19.1. The molecule has 0 saturated carbocycles. The molecule has 1 rings (SSSR count). The molecule has 0 amide bonds. The summed E-state index contributed by atoms with van der Waals surface area (Å²) in [5.74, 6) is 0. The van der Waals surface area contributed by atoms with E-state index in [0.29, 0.717) is 13.0 Å². The smallest absolute Gasteiger partial charge is 0.0912 e. The largest absolute Gasteiger partial charge is 0.313 e. The van der Waals surface area contributed by atoms with E-state index in [1.54, 1.807) is 0 Å². The predicted octanol–water partition coefficient (Wildman–Crippen LogP) is 2.48. The van der Waals surface area contributed by atoms with Gasteiger partial charge in [0.1, 0.15) is 0 Å². The number of nitrogens with zero attached hydrogens (tertiary/aromatic N) is 2. The molecule has 1 aromatic rings. The molecule has 1 aromatic heterocycles. The molecule has 98 valence electrons. The molecule has 1 N–H and O–H groups in total. The Morgan fingerprint density at radius 1 is 1.24 bits per heavy atom. The van der Waals surface area contributed by atoms with Gasteiger partial charge in [-0.25, -0.2) is 0 Å². The van der Waals surface area contributed by atoms with Crippen molar-refractivity contribution in [3.8, 4) is 0 Å². The molecule has 0 aliphatic heterocycles. The number of halogens is 1. The molecule has 0 atom stereocenters. The Morgan fingerprint density at radius 2 is 2.00 bits per heavy atom. The van der Waals surface area contributed by atoms with Crippen LogP contribution >= 0.6 is 0 Å². The lowest BCUT2D eigenvalue weighted by molar-refractivity contribution is 0.429. The van der Waals surface area contributed by atoms with Crippen LogP contribution in [0.15, 0.2) is 0 Å². The second-order valence-corrected chi connectivity index (χ2v) is 4.13. The van der Waals surface area contributed by atoms with Crippen molar-refractivity contribution in [2.45, 2.75) is 53.1 Å². The first-order chi connectivity index (χ1) is 8.28. The van der Waals surface area contributed by atoms with Crippen molar-refractivity contribution in [1.82, 2.24) is 15.1 Å². The van der Waals surface area contributed by atoms with Gasteiger partial charge in [-0.2, -0.15) is 5.10 Å². The summed E-state index contributed by atoms with van der Waals surface area (Å²) >= 11 is 0. The maximum absolute atomic E-state index is 12.3. The topological polar surface area (TPSA) is 29.9 Å². The third-order valence-corrected chi connectivity index (χ3v) is 2.97. The predicted molar refractivity (Wildman–Crippen MR) is 69.0 cm³/mol. The first-order valence-electron chi connectivity index (χ1n) is 6.62. The first kappa shape index (κ1) is 14.2. The summed E-state index contributed by atoms with van der Waals surface area (Å²) in [6.07, 6.45) is 2.45. The van der Waals surface area contributed by atoms with Gasteiger partial charge in [-0.3, -0.25) is 9.07 Å². The van der Waals surface area contributed by atoms with E-state index in [2.05, 4.69) is 31.2 Å². The maximum atomic E-state index is 12.3. The molecular formula is C13H24FN3. The quantitative estimate of drug-likeness (QED) is 0.757. The number of hydrogen-bond donors (Lipinski definition) is 1. The number of rotatable bonds is 8. The SMILES string of the molecule is CCNCc1c(CC)nn(CCCF)c1CC. The highest BCUT2D eigenvalue weighted by molar-refractivity contribution is 5.26. The van der Waals surface area contributed by atoms with Crippen LogP contribution in [0.5, 0.6) is 0 Å². The summed E-state index contributed by atoms with van der Waals surface area (Å²) in [6, 6.07) is 0. The van der Waals surface area contributed by atoms with Gasteiger partial charge in [0.25, 0.3) is 0 Å². The summed E-state index contributed by atoms with van der Waals surface area (Å²) in [6.45, 7) is 8.62. The van der Waals surface area contributed by atoms with Crippen LogP contribution in [-0.2, 0) is 25.9 Å². The lowest BCUT2D eigenvalue weighted by Gasteiger charge is -2.07. The van der Waals surface area contributed by atoms with Gasteiger partial charge in [-0.1, -0.05) is 20.8 Å². The molecule has 0 aliphatic carbocycles. The van der Waals surface area contributed by atoms with Crippen LogP contribution in [-0.4, -0.2) is 23.0 Å². The van der Waals surface area contributed by atoms with Crippen molar-refractivity contribution < 1.29 is 4.39 Å². The molecule has 17 heavy (non-hydrogen) atoms. The average molecular weight is 241 g/mol. The third kappa shape index (κ3) is 3.53. The Kier molecular flexibility index (Phi) is 6.19. The molecule has 0 unspecified atom stereocenters. The number of alkyl halides is 1. The molecular weight excluding hydrogens is 217 g/mol. The minimum atomic E-state index is -0.271. The van der Waals surface area contributed by atoms with Crippen molar-refractivity contribution in [2.24, 2.45) is 0 Å². The second kappa shape index (κ2) is 7.43. The van der Waals surface area contributed by atoms with E-state index in [-0.39, 0.29) is 6.67 Å². The molecule has 0 fully saturated rings. The minimum Gasteiger partial charge on any atom is -0.313 e. The maximum Gasteiger partial charge on any atom is 0.0912 e. The zero-order valence-electron chi connectivity index (χ0n) is 11.2. The summed E-state index contributed by atoms with van der Waals surface area (Å²) in [7, 11) is 0. The minimum absolute atomic E-state index is 0.271. The first-order valence-corrected chi connectivity index (χ1v) is 6.62. The van der Waals surface area contributed by atoms with Gasteiger partial charge < -0.3 is 5.32 Å². The molecule has 0 aromatic carbocycles. The van der Waals surface area contributed by atoms with E-state index in [1.165, 1.54) is 11.3 Å². The Labute approximate surface area is 103 Å². The fraction of sp³-hybridized carbons (Fsp3) is 0.769. The van der Waals surface area contributed by atoms with Crippen LogP contribution in [0, 0.1) is 0 Å². The highest BCUT2D eigenvalue weighted by Gasteiger charge is 2.14. The Morgan fingerprint density at radius 3 is 2.53 bits per heavy atom. The Bertz CT molecular complexity index is 334. The zero-order chi connectivity index (χ0) is 12.7. The van der Waals surface area contributed by atoms with Crippen LogP contribution in [0.1, 0.15) is 44.1 Å². The van der Waals surface area contributed by atoms with Gasteiger partial charge in [0.15, 0.2) is 0 Å². The van der Waals surface area contributed by atoms with Crippen LogP contribution < -0.4 is 5.32 Å². The molecule has 3 nitrogen and oxygen atoms in total.